The number of anilines is 1. The third kappa shape index (κ3) is 3.45. The molecule has 7 nitrogen and oxygen atoms in total. The van der Waals surface area contributed by atoms with Gasteiger partial charge in [-0.05, 0) is 24.3 Å². The quantitative estimate of drug-likeness (QED) is 0.530. The summed E-state index contributed by atoms with van der Waals surface area (Å²) in [5, 5.41) is 0.867. The third-order valence-corrected chi connectivity index (χ3v) is 5.34. The number of rotatable bonds is 3. The highest BCUT2D eigenvalue weighted by molar-refractivity contribution is 6.07. The van der Waals surface area contributed by atoms with E-state index in [9.17, 15) is 4.79 Å². The van der Waals surface area contributed by atoms with Crippen LogP contribution < -0.4 is 4.90 Å². The van der Waals surface area contributed by atoms with Crippen molar-refractivity contribution in [2.24, 2.45) is 0 Å². The van der Waals surface area contributed by atoms with Crippen LogP contribution in [0.2, 0.25) is 0 Å². The number of hydrogen-bond acceptors (Lipinski definition) is 6. The number of benzene rings is 1. The third-order valence-electron chi connectivity index (χ3n) is 5.34. The highest BCUT2D eigenvalue weighted by Crippen LogP contribution is 2.26. The number of piperazine rings is 1. The minimum atomic E-state index is 0.0255. The SMILES string of the molecule is O=C(c1cc(-c2cccnc2)nc2ccccc12)N1CCN(c2cnccn2)CC1. The van der Waals surface area contributed by atoms with E-state index in [2.05, 4.69) is 19.9 Å². The molecule has 5 rings (SSSR count). The zero-order chi connectivity index (χ0) is 20.3. The lowest BCUT2D eigenvalue weighted by atomic mass is 10.0. The van der Waals surface area contributed by atoms with Gasteiger partial charge in [-0.25, -0.2) is 9.97 Å². The summed E-state index contributed by atoms with van der Waals surface area (Å²) >= 11 is 0. The molecule has 4 aromatic rings. The number of carbonyl (C=O) groups is 1. The van der Waals surface area contributed by atoms with E-state index in [4.69, 9.17) is 4.98 Å². The second-order valence-corrected chi connectivity index (χ2v) is 7.16. The molecule has 1 saturated heterocycles. The van der Waals surface area contributed by atoms with Gasteiger partial charge >= 0.3 is 0 Å². The summed E-state index contributed by atoms with van der Waals surface area (Å²) in [6.45, 7) is 2.72. The van der Waals surface area contributed by atoms with E-state index in [-0.39, 0.29) is 5.91 Å². The molecule has 0 unspecified atom stereocenters. The first-order chi connectivity index (χ1) is 14.8. The number of amides is 1. The summed E-state index contributed by atoms with van der Waals surface area (Å²) < 4.78 is 0. The molecule has 0 saturated carbocycles. The average Bonchev–Trinajstić information content (AvgIpc) is 2.84. The molecule has 0 bridgehead atoms. The molecule has 0 aliphatic carbocycles. The summed E-state index contributed by atoms with van der Waals surface area (Å²) in [6.07, 6.45) is 8.61. The van der Waals surface area contributed by atoms with Crippen LogP contribution in [0.5, 0.6) is 0 Å². The number of nitrogens with zero attached hydrogens (tertiary/aromatic N) is 6. The number of hydrogen-bond donors (Lipinski definition) is 0. The molecule has 1 aliphatic heterocycles. The monoisotopic (exact) mass is 396 g/mol. The number of para-hydroxylation sites is 1. The minimum absolute atomic E-state index is 0.0255. The van der Waals surface area contributed by atoms with Gasteiger partial charge in [0.15, 0.2) is 0 Å². The topological polar surface area (TPSA) is 75.1 Å². The zero-order valence-electron chi connectivity index (χ0n) is 16.3. The predicted octanol–water partition coefficient (Wildman–Crippen LogP) is 3.05. The Labute approximate surface area is 174 Å². The van der Waals surface area contributed by atoms with Gasteiger partial charge < -0.3 is 9.80 Å². The normalized spacial score (nSPS) is 14.1. The number of aromatic nitrogens is 4. The van der Waals surface area contributed by atoms with Crippen molar-refractivity contribution in [1.29, 1.82) is 0 Å². The van der Waals surface area contributed by atoms with Crippen molar-refractivity contribution in [3.05, 3.63) is 79.0 Å². The standard InChI is InChI=1S/C23H20N6O/c30-23(29-12-10-28(11-13-29)22-16-25-8-9-26-22)19-14-21(17-4-3-7-24-15-17)27-20-6-2-1-5-18(19)20/h1-9,14-16H,10-13H2. The molecular formula is C23H20N6O. The van der Waals surface area contributed by atoms with Gasteiger partial charge in [0.25, 0.3) is 5.91 Å². The minimum Gasteiger partial charge on any atom is -0.352 e. The Morgan fingerprint density at radius 1 is 0.867 bits per heavy atom. The Bertz CT molecular complexity index is 1170. The molecule has 7 heteroatoms. The van der Waals surface area contributed by atoms with Crippen LogP contribution in [0.15, 0.2) is 73.4 Å². The lowest BCUT2D eigenvalue weighted by molar-refractivity contribution is 0.0748. The Hall–Kier alpha value is -3.87. The summed E-state index contributed by atoms with van der Waals surface area (Å²) in [5.41, 5.74) is 3.13. The van der Waals surface area contributed by atoms with Gasteiger partial charge in [-0.2, -0.15) is 0 Å². The van der Waals surface area contributed by atoms with Crippen LogP contribution in [0.4, 0.5) is 5.82 Å². The molecule has 4 heterocycles. The summed E-state index contributed by atoms with van der Waals surface area (Å²) in [5.74, 6) is 0.871. The lowest BCUT2D eigenvalue weighted by Crippen LogP contribution is -2.49. The Morgan fingerprint density at radius 2 is 1.70 bits per heavy atom. The molecule has 148 valence electrons. The Balaban J connectivity index is 1.45. The Morgan fingerprint density at radius 3 is 2.47 bits per heavy atom. The van der Waals surface area contributed by atoms with Gasteiger partial charge in [-0.1, -0.05) is 18.2 Å². The maximum atomic E-state index is 13.5. The summed E-state index contributed by atoms with van der Waals surface area (Å²) in [4.78, 5) is 35.0. The summed E-state index contributed by atoms with van der Waals surface area (Å²) in [6, 6.07) is 13.5. The zero-order valence-corrected chi connectivity index (χ0v) is 16.3. The molecule has 30 heavy (non-hydrogen) atoms. The van der Waals surface area contributed by atoms with Gasteiger partial charge in [0, 0.05) is 61.9 Å². The van der Waals surface area contributed by atoms with Crippen LogP contribution in [0.1, 0.15) is 10.4 Å². The molecule has 1 aromatic carbocycles. The van der Waals surface area contributed by atoms with Crippen molar-refractivity contribution in [2.45, 2.75) is 0 Å². The number of pyridine rings is 2. The van der Waals surface area contributed by atoms with Gasteiger partial charge in [-0.3, -0.25) is 14.8 Å². The van der Waals surface area contributed by atoms with E-state index in [0.717, 1.165) is 41.1 Å². The lowest BCUT2D eigenvalue weighted by Gasteiger charge is -2.35. The number of fused-ring (bicyclic) bond motifs is 1. The van der Waals surface area contributed by atoms with Crippen molar-refractivity contribution >= 4 is 22.6 Å². The van der Waals surface area contributed by atoms with Crippen LogP contribution in [0.3, 0.4) is 0 Å². The van der Waals surface area contributed by atoms with Crippen molar-refractivity contribution in [3.63, 3.8) is 0 Å². The second kappa shape index (κ2) is 7.87. The van der Waals surface area contributed by atoms with E-state index in [1.54, 1.807) is 31.0 Å². The highest BCUT2D eigenvalue weighted by atomic mass is 16.2. The van der Waals surface area contributed by atoms with Crippen LogP contribution in [-0.4, -0.2) is 56.9 Å². The van der Waals surface area contributed by atoms with Crippen LogP contribution in [0.25, 0.3) is 22.2 Å². The molecule has 3 aromatic heterocycles. The average molecular weight is 396 g/mol. The first kappa shape index (κ1) is 18.2. The van der Waals surface area contributed by atoms with E-state index in [1.165, 1.54) is 0 Å². The van der Waals surface area contributed by atoms with Crippen LogP contribution in [-0.2, 0) is 0 Å². The van der Waals surface area contributed by atoms with Gasteiger partial charge in [0.1, 0.15) is 5.82 Å². The van der Waals surface area contributed by atoms with Gasteiger partial charge in [0.05, 0.1) is 23.0 Å². The first-order valence-electron chi connectivity index (χ1n) is 9.90. The van der Waals surface area contributed by atoms with E-state index < -0.39 is 0 Å². The van der Waals surface area contributed by atoms with Crippen molar-refractivity contribution in [3.8, 4) is 11.3 Å². The fraction of sp³-hybridized carbons (Fsp3) is 0.174. The van der Waals surface area contributed by atoms with Crippen molar-refractivity contribution < 1.29 is 4.79 Å². The number of carbonyl (C=O) groups excluding carboxylic acids is 1. The smallest absolute Gasteiger partial charge is 0.254 e. The second-order valence-electron chi connectivity index (χ2n) is 7.16. The maximum Gasteiger partial charge on any atom is 0.254 e. The maximum absolute atomic E-state index is 13.5. The van der Waals surface area contributed by atoms with Crippen molar-refractivity contribution in [1.82, 2.24) is 24.8 Å². The molecule has 0 radical (unpaired) electrons. The molecule has 0 N–H and O–H groups in total. The molecule has 0 atom stereocenters. The fourth-order valence-electron chi connectivity index (χ4n) is 3.78. The molecule has 1 aliphatic rings. The van der Waals surface area contributed by atoms with Crippen molar-refractivity contribution in [2.75, 3.05) is 31.1 Å². The Kier molecular flexibility index (Phi) is 4.77. The van der Waals surface area contributed by atoms with E-state index in [0.29, 0.717) is 18.7 Å². The van der Waals surface area contributed by atoms with Crippen LogP contribution >= 0.6 is 0 Å². The highest BCUT2D eigenvalue weighted by Gasteiger charge is 2.25. The van der Waals surface area contributed by atoms with Gasteiger partial charge in [-0.15, -0.1) is 0 Å². The summed E-state index contributed by atoms with van der Waals surface area (Å²) in [7, 11) is 0. The molecule has 1 fully saturated rings. The predicted molar refractivity (Wildman–Crippen MR) is 115 cm³/mol. The van der Waals surface area contributed by atoms with E-state index in [1.807, 2.05) is 47.4 Å². The molecule has 0 spiro atoms. The largest absolute Gasteiger partial charge is 0.352 e. The molecule has 1 amide bonds. The van der Waals surface area contributed by atoms with E-state index >= 15 is 0 Å². The fourth-order valence-corrected chi connectivity index (χ4v) is 3.78. The van der Waals surface area contributed by atoms with Gasteiger partial charge in [0.2, 0.25) is 0 Å². The molecular weight excluding hydrogens is 376 g/mol. The first-order valence-corrected chi connectivity index (χ1v) is 9.90. The van der Waals surface area contributed by atoms with Crippen LogP contribution in [0, 0.1) is 0 Å².